The van der Waals surface area contributed by atoms with E-state index < -0.39 is 0 Å². The van der Waals surface area contributed by atoms with Gasteiger partial charge in [-0.2, -0.15) is 0 Å². The Labute approximate surface area is 95.8 Å². The lowest BCUT2D eigenvalue weighted by Crippen LogP contribution is -1.87. The molecule has 1 heterocycles. The number of H-pyrrole nitrogens is 1. The van der Waals surface area contributed by atoms with E-state index in [2.05, 4.69) is 38.9 Å². The van der Waals surface area contributed by atoms with Gasteiger partial charge in [-0.3, -0.25) is 0 Å². The van der Waals surface area contributed by atoms with E-state index in [-0.39, 0.29) is 0 Å². The van der Waals surface area contributed by atoms with Crippen molar-refractivity contribution in [3.05, 3.63) is 28.0 Å². The third kappa shape index (κ3) is 1.79. The Balaban J connectivity index is 2.54. The molecule has 0 aliphatic carbocycles. The smallest absolute Gasteiger partial charge is 0.108 e. The highest BCUT2D eigenvalue weighted by atomic mass is 79.9. The van der Waals surface area contributed by atoms with Crippen LogP contribution in [0.25, 0.3) is 11.0 Å². The zero-order valence-electron chi connectivity index (χ0n) is 7.77. The first-order valence-corrected chi connectivity index (χ1v) is 5.74. The number of halogens is 2. The number of nitrogens with zero attached hydrogens (tertiary/aromatic N) is 1. The van der Waals surface area contributed by atoms with E-state index in [4.69, 9.17) is 11.6 Å². The van der Waals surface area contributed by atoms with Crippen LogP contribution in [0, 0.1) is 6.92 Å². The predicted octanol–water partition coefficient (Wildman–Crippen LogP) is 3.42. The van der Waals surface area contributed by atoms with E-state index in [0.29, 0.717) is 5.88 Å². The molecule has 14 heavy (non-hydrogen) atoms. The summed E-state index contributed by atoms with van der Waals surface area (Å²) in [5.41, 5.74) is 3.27. The maximum atomic E-state index is 5.66. The standard InChI is InChI=1S/C10H10BrClN2/c1-6-4-8-9(5-7(6)11)14-10(13-8)2-3-12/h4-5H,2-3H2,1H3,(H,13,14). The Morgan fingerprint density at radius 2 is 2.29 bits per heavy atom. The normalized spacial score (nSPS) is 11.1. The third-order valence-electron chi connectivity index (χ3n) is 2.14. The van der Waals surface area contributed by atoms with Gasteiger partial charge in [-0.05, 0) is 24.6 Å². The molecule has 0 bridgehead atoms. The molecule has 0 amide bonds. The summed E-state index contributed by atoms with van der Waals surface area (Å²) in [5, 5.41) is 0. The van der Waals surface area contributed by atoms with E-state index in [0.717, 1.165) is 27.8 Å². The molecule has 0 saturated carbocycles. The van der Waals surface area contributed by atoms with Gasteiger partial charge in [0.05, 0.1) is 11.0 Å². The summed E-state index contributed by atoms with van der Waals surface area (Å²) in [7, 11) is 0. The van der Waals surface area contributed by atoms with E-state index in [1.165, 1.54) is 5.56 Å². The lowest BCUT2D eigenvalue weighted by atomic mass is 10.2. The summed E-state index contributed by atoms with van der Waals surface area (Å²) < 4.78 is 1.09. The molecule has 0 atom stereocenters. The maximum Gasteiger partial charge on any atom is 0.108 e. The first kappa shape index (κ1) is 9.99. The van der Waals surface area contributed by atoms with Gasteiger partial charge in [-0.25, -0.2) is 4.98 Å². The fourth-order valence-corrected chi connectivity index (χ4v) is 1.91. The van der Waals surface area contributed by atoms with Crippen molar-refractivity contribution in [2.75, 3.05) is 5.88 Å². The zero-order chi connectivity index (χ0) is 10.1. The number of aryl methyl sites for hydroxylation is 2. The molecule has 0 aliphatic rings. The molecule has 0 fully saturated rings. The second-order valence-corrected chi connectivity index (χ2v) is 4.47. The van der Waals surface area contributed by atoms with Crippen LogP contribution in [0.3, 0.4) is 0 Å². The monoisotopic (exact) mass is 272 g/mol. The molecule has 2 aromatic rings. The summed E-state index contributed by atoms with van der Waals surface area (Å²) in [5.74, 6) is 1.55. The average molecular weight is 274 g/mol. The highest BCUT2D eigenvalue weighted by Crippen LogP contribution is 2.22. The minimum Gasteiger partial charge on any atom is -0.342 e. The Bertz CT molecular complexity index is 425. The van der Waals surface area contributed by atoms with Crippen molar-refractivity contribution in [3.63, 3.8) is 0 Å². The number of benzene rings is 1. The van der Waals surface area contributed by atoms with Crippen molar-refractivity contribution in [1.29, 1.82) is 0 Å². The second-order valence-electron chi connectivity index (χ2n) is 3.24. The first-order valence-electron chi connectivity index (χ1n) is 4.41. The van der Waals surface area contributed by atoms with Crippen molar-refractivity contribution in [2.24, 2.45) is 0 Å². The number of imidazole rings is 1. The van der Waals surface area contributed by atoms with Gasteiger partial charge >= 0.3 is 0 Å². The topological polar surface area (TPSA) is 28.7 Å². The third-order valence-corrected chi connectivity index (χ3v) is 3.19. The van der Waals surface area contributed by atoms with Crippen molar-refractivity contribution < 1.29 is 0 Å². The van der Waals surface area contributed by atoms with E-state index >= 15 is 0 Å². The Kier molecular flexibility index (Phi) is 2.79. The largest absolute Gasteiger partial charge is 0.342 e. The molecule has 2 rings (SSSR count). The lowest BCUT2D eigenvalue weighted by Gasteiger charge is -1.95. The van der Waals surface area contributed by atoms with Crippen LogP contribution >= 0.6 is 27.5 Å². The lowest BCUT2D eigenvalue weighted by molar-refractivity contribution is 1.01. The summed E-state index contributed by atoms with van der Waals surface area (Å²) in [4.78, 5) is 7.68. The highest BCUT2D eigenvalue weighted by Gasteiger charge is 2.04. The van der Waals surface area contributed by atoms with Gasteiger partial charge in [-0.15, -0.1) is 11.6 Å². The predicted molar refractivity (Wildman–Crippen MR) is 63.0 cm³/mol. The van der Waals surface area contributed by atoms with Gasteiger partial charge < -0.3 is 4.98 Å². The molecule has 0 unspecified atom stereocenters. The van der Waals surface area contributed by atoms with E-state index in [1.807, 2.05) is 6.07 Å². The summed E-state index contributed by atoms with van der Waals surface area (Å²) in [6.45, 7) is 2.06. The number of alkyl halides is 1. The van der Waals surface area contributed by atoms with Crippen LogP contribution in [-0.2, 0) is 6.42 Å². The minimum atomic E-state index is 0.597. The zero-order valence-corrected chi connectivity index (χ0v) is 10.1. The number of hydrogen-bond acceptors (Lipinski definition) is 1. The second kappa shape index (κ2) is 3.91. The highest BCUT2D eigenvalue weighted by molar-refractivity contribution is 9.10. The van der Waals surface area contributed by atoms with E-state index in [1.54, 1.807) is 0 Å². The first-order chi connectivity index (χ1) is 6.70. The quantitative estimate of drug-likeness (QED) is 0.835. The van der Waals surface area contributed by atoms with Crippen molar-refractivity contribution in [1.82, 2.24) is 9.97 Å². The van der Waals surface area contributed by atoms with Crippen molar-refractivity contribution >= 4 is 38.6 Å². The van der Waals surface area contributed by atoms with Gasteiger partial charge in [0, 0.05) is 16.8 Å². The van der Waals surface area contributed by atoms with Crippen LogP contribution < -0.4 is 0 Å². The number of fused-ring (bicyclic) bond motifs is 1. The van der Waals surface area contributed by atoms with Crippen LogP contribution in [0.2, 0.25) is 0 Å². The summed E-state index contributed by atoms with van der Waals surface area (Å²) in [6, 6.07) is 4.11. The molecule has 2 nitrogen and oxygen atoms in total. The fraction of sp³-hybridized carbons (Fsp3) is 0.300. The van der Waals surface area contributed by atoms with Crippen LogP contribution in [0.5, 0.6) is 0 Å². The molecule has 1 N–H and O–H groups in total. The Morgan fingerprint density at radius 3 is 3.00 bits per heavy atom. The van der Waals surface area contributed by atoms with Crippen LogP contribution in [0.4, 0.5) is 0 Å². The molecule has 0 saturated heterocycles. The Hall–Kier alpha value is -0.540. The molecule has 74 valence electrons. The molecule has 1 aromatic carbocycles. The molecule has 1 aromatic heterocycles. The molecule has 0 spiro atoms. The minimum absolute atomic E-state index is 0.597. The average Bonchev–Trinajstić information content (AvgIpc) is 2.48. The number of rotatable bonds is 2. The van der Waals surface area contributed by atoms with Crippen LogP contribution in [0.1, 0.15) is 11.4 Å². The fourth-order valence-electron chi connectivity index (χ4n) is 1.40. The van der Waals surface area contributed by atoms with E-state index in [9.17, 15) is 0 Å². The molecule has 0 aliphatic heterocycles. The molecule has 0 radical (unpaired) electrons. The Morgan fingerprint density at radius 1 is 1.50 bits per heavy atom. The number of hydrogen-bond donors (Lipinski definition) is 1. The van der Waals surface area contributed by atoms with Gasteiger partial charge in [0.25, 0.3) is 0 Å². The molecular weight excluding hydrogens is 263 g/mol. The van der Waals surface area contributed by atoms with Gasteiger partial charge in [0.15, 0.2) is 0 Å². The van der Waals surface area contributed by atoms with Crippen LogP contribution in [-0.4, -0.2) is 15.8 Å². The number of aromatic nitrogens is 2. The maximum absolute atomic E-state index is 5.66. The molecule has 4 heteroatoms. The van der Waals surface area contributed by atoms with Gasteiger partial charge in [0.1, 0.15) is 5.82 Å². The molecular formula is C10H10BrClN2. The van der Waals surface area contributed by atoms with Crippen molar-refractivity contribution in [2.45, 2.75) is 13.3 Å². The number of aromatic amines is 1. The SMILES string of the molecule is Cc1cc2[nH]c(CCCl)nc2cc1Br. The van der Waals surface area contributed by atoms with Crippen molar-refractivity contribution in [3.8, 4) is 0 Å². The van der Waals surface area contributed by atoms with Crippen LogP contribution in [0.15, 0.2) is 16.6 Å². The summed E-state index contributed by atoms with van der Waals surface area (Å²) in [6.07, 6.45) is 0.785. The summed E-state index contributed by atoms with van der Waals surface area (Å²) >= 11 is 9.14. The van der Waals surface area contributed by atoms with Gasteiger partial charge in [-0.1, -0.05) is 15.9 Å². The van der Waals surface area contributed by atoms with Gasteiger partial charge in [0.2, 0.25) is 0 Å². The number of nitrogens with one attached hydrogen (secondary N) is 1.